The van der Waals surface area contributed by atoms with Gasteiger partial charge in [-0.1, -0.05) is 20.3 Å². The van der Waals surface area contributed by atoms with Crippen LogP contribution < -0.4 is 5.73 Å². The van der Waals surface area contributed by atoms with Crippen molar-refractivity contribution < 1.29 is 4.74 Å². The normalized spacial score (nSPS) is 17.1. The molecule has 1 unspecified atom stereocenters. The van der Waals surface area contributed by atoms with E-state index in [1.54, 1.807) is 7.11 Å². The number of ether oxygens (including phenoxy) is 1. The Labute approximate surface area is 110 Å². The first kappa shape index (κ1) is 13.4. The molecule has 1 aromatic heterocycles. The van der Waals surface area contributed by atoms with Gasteiger partial charge in [-0.2, -0.15) is 0 Å². The fourth-order valence-corrected chi connectivity index (χ4v) is 2.40. The van der Waals surface area contributed by atoms with E-state index in [1.165, 1.54) is 31.5 Å². The van der Waals surface area contributed by atoms with Crippen molar-refractivity contribution in [1.29, 1.82) is 0 Å². The Hall–Kier alpha value is -1.03. The molecule has 4 heteroatoms. The zero-order valence-corrected chi connectivity index (χ0v) is 11.8. The maximum Gasteiger partial charge on any atom is 0.127 e. The Morgan fingerprint density at radius 2 is 2.22 bits per heavy atom. The molecule has 4 nitrogen and oxygen atoms in total. The van der Waals surface area contributed by atoms with Crippen molar-refractivity contribution in [3.05, 3.63) is 11.5 Å². The van der Waals surface area contributed by atoms with Gasteiger partial charge in [-0.3, -0.25) is 0 Å². The lowest BCUT2D eigenvalue weighted by Gasteiger charge is -2.10. The molecular formula is C14H25N3O. The highest BCUT2D eigenvalue weighted by Crippen LogP contribution is 2.41. The van der Waals surface area contributed by atoms with Crippen LogP contribution >= 0.6 is 0 Å². The molecule has 0 aliphatic heterocycles. The molecule has 102 valence electrons. The zero-order chi connectivity index (χ0) is 13.1. The zero-order valence-electron chi connectivity index (χ0n) is 11.8. The molecule has 2 N–H and O–H groups in total. The van der Waals surface area contributed by atoms with E-state index in [0.717, 1.165) is 18.1 Å². The molecule has 0 saturated heterocycles. The van der Waals surface area contributed by atoms with Crippen LogP contribution in [0, 0.1) is 0 Å². The molecule has 1 heterocycles. The number of hydrogen-bond acceptors (Lipinski definition) is 3. The molecule has 0 bridgehead atoms. The minimum absolute atomic E-state index is 0.273. The molecule has 1 fully saturated rings. The number of anilines is 1. The molecule has 1 aromatic rings. The van der Waals surface area contributed by atoms with Crippen molar-refractivity contribution in [2.75, 3.05) is 19.5 Å². The third kappa shape index (κ3) is 2.69. The minimum atomic E-state index is 0.273. The van der Waals surface area contributed by atoms with Crippen LogP contribution in [0.15, 0.2) is 0 Å². The van der Waals surface area contributed by atoms with E-state index in [2.05, 4.69) is 18.4 Å². The number of hydrogen-bond donors (Lipinski definition) is 1. The fourth-order valence-electron chi connectivity index (χ4n) is 2.40. The van der Waals surface area contributed by atoms with Gasteiger partial charge in [0.1, 0.15) is 11.6 Å². The van der Waals surface area contributed by atoms with Crippen LogP contribution in [-0.4, -0.2) is 23.3 Å². The molecule has 1 aliphatic carbocycles. The first-order chi connectivity index (χ1) is 8.69. The van der Waals surface area contributed by atoms with Gasteiger partial charge >= 0.3 is 0 Å². The number of nitrogen functional groups attached to an aromatic ring is 1. The molecule has 1 atom stereocenters. The third-order valence-corrected chi connectivity index (χ3v) is 3.63. The van der Waals surface area contributed by atoms with Gasteiger partial charge in [-0.25, -0.2) is 4.98 Å². The van der Waals surface area contributed by atoms with E-state index in [1.807, 2.05) is 0 Å². The lowest BCUT2D eigenvalue weighted by Crippen LogP contribution is -2.09. The number of imidazole rings is 1. The molecule has 0 aromatic carbocycles. The monoisotopic (exact) mass is 251 g/mol. The second kappa shape index (κ2) is 5.74. The average molecular weight is 251 g/mol. The highest BCUT2D eigenvalue weighted by Gasteiger charge is 2.31. The van der Waals surface area contributed by atoms with Gasteiger partial charge in [-0.05, 0) is 19.3 Å². The second-order valence-corrected chi connectivity index (χ2v) is 5.38. The Bertz CT molecular complexity index is 396. The summed E-state index contributed by atoms with van der Waals surface area (Å²) in [6, 6.07) is 0. The first-order valence-corrected chi connectivity index (χ1v) is 7.03. The van der Waals surface area contributed by atoms with Crippen LogP contribution in [-0.2, 0) is 11.3 Å². The van der Waals surface area contributed by atoms with E-state index >= 15 is 0 Å². The molecule has 2 rings (SSSR count). The van der Waals surface area contributed by atoms with Crippen LogP contribution in [0.4, 0.5) is 5.82 Å². The Balaban J connectivity index is 2.25. The lowest BCUT2D eigenvalue weighted by atomic mass is 10.1. The Morgan fingerprint density at radius 3 is 2.78 bits per heavy atom. The van der Waals surface area contributed by atoms with Gasteiger partial charge in [0.05, 0.1) is 12.3 Å². The van der Waals surface area contributed by atoms with Gasteiger partial charge in [0.2, 0.25) is 0 Å². The maximum absolute atomic E-state index is 6.29. The van der Waals surface area contributed by atoms with Crippen molar-refractivity contribution in [3.63, 3.8) is 0 Å². The molecular weight excluding hydrogens is 226 g/mol. The number of nitrogens with two attached hydrogens (primary N) is 1. The van der Waals surface area contributed by atoms with Crippen LogP contribution in [0.3, 0.4) is 0 Å². The van der Waals surface area contributed by atoms with E-state index in [4.69, 9.17) is 15.5 Å². The summed E-state index contributed by atoms with van der Waals surface area (Å²) in [6.07, 6.45) is 4.88. The summed E-state index contributed by atoms with van der Waals surface area (Å²) in [4.78, 5) is 4.80. The summed E-state index contributed by atoms with van der Waals surface area (Å²) in [6.45, 7) is 6.02. The molecule has 0 spiro atoms. The Kier molecular flexibility index (Phi) is 4.27. The number of methoxy groups -OCH3 is 1. The molecule has 0 amide bonds. The van der Waals surface area contributed by atoms with E-state index in [0.29, 0.717) is 12.5 Å². The predicted octanol–water partition coefficient (Wildman–Crippen LogP) is 2.89. The van der Waals surface area contributed by atoms with Crippen molar-refractivity contribution in [1.82, 2.24) is 9.55 Å². The summed E-state index contributed by atoms with van der Waals surface area (Å²) in [5, 5.41) is 0. The smallest absolute Gasteiger partial charge is 0.127 e. The highest BCUT2D eigenvalue weighted by molar-refractivity contribution is 5.42. The summed E-state index contributed by atoms with van der Waals surface area (Å²) in [7, 11) is 1.72. The summed E-state index contributed by atoms with van der Waals surface area (Å²) in [5.41, 5.74) is 7.31. The SMILES string of the molecule is CCCCn1c(C2CC2)nc(C(C)COC)c1N. The number of aromatic nitrogens is 2. The third-order valence-electron chi connectivity index (χ3n) is 3.63. The first-order valence-electron chi connectivity index (χ1n) is 7.03. The van der Waals surface area contributed by atoms with Crippen LogP contribution in [0.5, 0.6) is 0 Å². The summed E-state index contributed by atoms with van der Waals surface area (Å²) >= 11 is 0. The van der Waals surface area contributed by atoms with E-state index < -0.39 is 0 Å². The quantitative estimate of drug-likeness (QED) is 0.810. The summed E-state index contributed by atoms with van der Waals surface area (Å²) < 4.78 is 7.45. The van der Waals surface area contributed by atoms with Gasteiger partial charge in [0.15, 0.2) is 0 Å². The van der Waals surface area contributed by atoms with Crippen molar-refractivity contribution in [2.45, 2.75) is 57.9 Å². The van der Waals surface area contributed by atoms with Crippen molar-refractivity contribution >= 4 is 5.82 Å². The predicted molar refractivity (Wildman–Crippen MR) is 73.8 cm³/mol. The molecule has 1 aliphatic rings. The van der Waals surface area contributed by atoms with Gasteiger partial charge < -0.3 is 15.0 Å². The average Bonchev–Trinajstić information content (AvgIpc) is 3.13. The minimum Gasteiger partial charge on any atom is -0.384 e. The summed E-state index contributed by atoms with van der Waals surface area (Å²) in [5.74, 6) is 2.98. The van der Waals surface area contributed by atoms with Crippen molar-refractivity contribution in [3.8, 4) is 0 Å². The van der Waals surface area contributed by atoms with E-state index in [9.17, 15) is 0 Å². The largest absolute Gasteiger partial charge is 0.384 e. The van der Waals surface area contributed by atoms with Crippen LogP contribution in [0.2, 0.25) is 0 Å². The van der Waals surface area contributed by atoms with Crippen molar-refractivity contribution in [2.24, 2.45) is 0 Å². The van der Waals surface area contributed by atoms with E-state index in [-0.39, 0.29) is 5.92 Å². The van der Waals surface area contributed by atoms with Crippen LogP contribution in [0.25, 0.3) is 0 Å². The topological polar surface area (TPSA) is 53.1 Å². The highest BCUT2D eigenvalue weighted by atomic mass is 16.5. The van der Waals surface area contributed by atoms with Gasteiger partial charge in [0, 0.05) is 25.5 Å². The standard InChI is InChI=1S/C14H25N3O/c1-4-5-8-17-13(15)12(10(2)9-18-3)16-14(17)11-6-7-11/h10-11H,4-9,15H2,1-3H3. The molecule has 0 radical (unpaired) electrons. The number of nitrogens with zero attached hydrogens (tertiary/aromatic N) is 2. The Morgan fingerprint density at radius 1 is 1.50 bits per heavy atom. The second-order valence-electron chi connectivity index (χ2n) is 5.38. The van der Waals surface area contributed by atoms with Gasteiger partial charge in [0.25, 0.3) is 0 Å². The number of unbranched alkanes of at least 4 members (excludes halogenated alkanes) is 1. The van der Waals surface area contributed by atoms with Crippen LogP contribution in [0.1, 0.15) is 62.9 Å². The lowest BCUT2D eigenvalue weighted by molar-refractivity contribution is 0.183. The fraction of sp³-hybridized carbons (Fsp3) is 0.786. The maximum atomic E-state index is 6.29. The van der Waals surface area contributed by atoms with Gasteiger partial charge in [-0.15, -0.1) is 0 Å². The molecule has 1 saturated carbocycles. The number of rotatable bonds is 7. The molecule has 18 heavy (non-hydrogen) atoms.